The van der Waals surface area contributed by atoms with Gasteiger partial charge in [-0.1, -0.05) is 18.5 Å². The number of likely N-dealkylation sites (tertiary alicyclic amines) is 1. The van der Waals surface area contributed by atoms with Gasteiger partial charge >= 0.3 is 0 Å². The van der Waals surface area contributed by atoms with E-state index >= 15 is 0 Å². The van der Waals surface area contributed by atoms with E-state index in [2.05, 4.69) is 17.1 Å². The molecule has 106 valence electrons. The van der Waals surface area contributed by atoms with Crippen molar-refractivity contribution < 1.29 is 4.39 Å². The number of benzene rings is 1. The molecular formula is C15H22ClFN2. The molecule has 0 spiro atoms. The third kappa shape index (κ3) is 5.09. The molecule has 0 saturated carbocycles. The molecule has 2 rings (SSSR count). The Morgan fingerprint density at radius 3 is 2.74 bits per heavy atom. The maximum absolute atomic E-state index is 13.2. The SMILES string of the molecule is CC(CNCc1cc(F)cc(Cl)c1)CN1CCCC1. The van der Waals surface area contributed by atoms with Crippen LogP contribution in [-0.2, 0) is 6.54 Å². The summed E-state index contributed by atoms with van der Waals surface area (Å²) in [5.41, 5.74) is 0.901. The highest BCUT2D eigenvalue weighted by atomic mass is 35.5. The van der Waals surface area contributed by atoms with Crippen LogP contribution >= 0.6 is 11.6 Å². The van der Waals surface area contributed by atoms with Crippen molar-refractivity contribution in [2.45, 2.75) is 26.3 Å². The van der Waals surface area contributed by atoms with Crippen LogP contribution in [0.25, 0.3) is 0 Å². The zero-order valence-corrected chi connectivity index (χ0v) is 12.2. The first kappa shape index (κ1) is 14.8. The molecule has 0 radical (unpaired) electrons. The van der Waals surface area contributed by atoms with Crippen LogP contribution in [0.2, 0.25) is 5.02 Å². The van der Waals surface area contributed by atoms with Crippen LogP contribution in [0.3, 0.4) is 0 Å². The number of hydrogen-bond donors (Lipinski definition) is 1. The molecule has 1 saturated heterocycles. The average molecular weight is 285 g/mol. The predicted octanol–water partition coefficient (Wildman–Crippen LogP) is 3.30. The summed E-state index contributed by atoms with van der Waals surface area (Å²) in [6.45, 7) is 7.50. The Balaban J connectivity index is 1.70. The zero-order valence-electron chi connectivity index (χ0n) is 11.5. The van der Waals surface area contributed by atoms with Gasteiger partial charge < -0.3 is 10.2 Å². The molecule has 19 heavy (non-hydrogen) atoms. The van der Waals surface area contributed by atoms with Crippen molar-refractivity contribution in [1.29, 1.82) is 0 Å². The van der Waals surface area contributed by atoms with E-state index in [1.54, 1.807) is 0 Å². The van der Waals surface area contributed by atoms with E-state index in [-0.39, 0.29) is 5.82 Å². The standard InChI is InChI=1S/C15H22ClFN2/c1-12(11-19-4-2-3-5-19)9-18-10-13-6-14(16)8-15(17)7-13/h6-8,12,18H,2-5,9-11H2,1H3. The Kier molecular flexibility index (Phi) is 5.61. The molecule has 1 aromatic carbocycles. The molecule has 0 bridgehead atoms. The van der Waals surface area contributed by atoms with Gasteiger partial charge in [-0.15, -0.1) is 0 Å². The fourth-order valence-electron chi connectivity index (χ4n) is 2.65. The lowest BCUT2D eigenvalue weighted by Gasteiger charge is -2.20. The fraction of sp³-hybridized carbons (Fsp3) is 0.600. The van der Waals surface area contributed by atoms with Crippen LogP contribution in [0.15, 0.2) is 18.2 Å². The minimum absolute atomic E-state index is 0.269. The van der Waals surface area contributed by atoms with Crippen molar-refractivity contribution in [3.8, 4) is 0 Å². The summed E-state index contributed by atoms with van der Waals surface area (Å²) < 4.78 is 13.2. The van der Waals surface area contributed by atoms with Gasteiger partial charge in [0.25, 0.3) is 0 Å². The van der Waals surface area contributed by atoms with Crippen LogP contribution in [-0.4, -0.2) is 31.1 Å². The second kappa shape index (κ2) is 7.22. The van der Waals surface area contributed by atoms with E-state index in [0.29, 0.717) is 17.5 Å². The summed E-state index contributed by atoms with van der Waals surface area (Å²) in [4.78, 5) is 2.52. The van der Waals surface area contributed by atoms with Crippen molar-refractivity contribution in [3.05, 3.63) is 34.6 Å². The van der Waals surface area contributed by atoms with E-state index in [9.17, 15) is 4.39 Å². The first-order valence-electron chi connectivity index (χ1n) is 7.01. The molecule has 1 aliphatic heterocycles. The lowest BCUT2D eigenvalue weighted by molar-refractivity contribution is 0.282. The molecule has 1 aromatic rings. The third-order valence-corrected chi connectivity index (χ3v) is 3.73. The van der Waals surface area contributed by atoms with Gasteiger partial charge in [0.05, 0.1) is 0 Å². The molecule has 1 heterocycles. The van der Waals surface area contributed by atoms with Gasteiger partial charge in [-0.2, -0.15) is 0 Å². The summed E-state index contributed by atoms with van der Waals surface area (Å²) in [6.07, 6.45) is 2.67. The zero-order chi connectivity index (χ0) is 13.7. The van der Waals surface area contributed by atoms with Crippen molar-refractivity contribution >= 4 is 11.6 Å². The summed E-state index contributed by atoms with van der Waals surface area (Å²) in [5, 5.41) is 3.84. The maximum Gasteiger partial charge on any atom is 0.125 e. The molecule has 1 aliphatic rings. The summed E-state index contributed by atoms with van der Waals surface area (Å²) in [7, 11) is 0. The highest BCUT2D eigenvalue weighted by Gasteiger charge is 2.14. The Morgan fingerprint density at radius 2 is 2.05 bits per heavy atom. The lowest BCUT2D eigenvalue weighted by atomic mass is 10.1. The average Bonchev–Trinajstić information content (AvgIpc) is 2.80. The number of nitrogens with zero attached hydrogens (tertiary/aromatic N) is 1. The Labute approximate surface area is 119 Å². The maximum atomic E-state index is 13.2. The first-order valence-corrected chi connectivity index (χ1v) is 7.39. The second-order valence-electron chi connectivity index (χ2n) is 5.52. The van der Waals surface area contributed by atoms with Gasteiger partial charge in [0.2, 0.25) is 0 Å². The lowest BCUT2D eigenvalue weighted by Crippen LogP contribution is -2.31. The van der Waals surface area contributed by atoms with Crippen LogP contribution in [0.5, 0.6) is 0 Å². The van der Waals surface area contributed by atoms with E-state index in [4.69, 9.17) is 11.6 Å². The smallest absolute Gasteiger partial charge is 0.125 e. The van der Waals surface area contributed by atoms with Gasteiger partial charge in [0, 0.05) is 18.1 Å². The Bertz CT molecular complexity index is 385. The molecule has 1 unspecified atom stereocenters. The van der Waals surface area contributed by atoms with Crippen LogP contribution in [0.1, 0.15) is 25.3 Å². The number of hydrogen-bond acceptors (Lipinski definition) is 2. The minimum Gasteiger partial charge on any atom is -0.312 e. The predicted molar refractivity (Wildman–Crippen MR) is 78.0 cm³/mol. The van der Waals surface area contributed by atoms with Gasteiger partial charge in [0.15, 0.2) is 0 Å². The molecule has 0 aliphatic carbocycles. The van der Waals surface area contributed by atoms with Gasteiger partial charge in [0.1, 0.15) is 5.82 Å². The largest absolute Gasteiger partial charge is 0.312 e. The number of nitrogens with one attached hydrogen (secondary N) is 1. The van der Waals surface area contributed by atoms with Crippen LogP contribution in [0.4, 0.5) is 4.39 Å². The van der Waals surface area contributed by atoms with Gasteiger partial charge in [-0.25, -0.2) is 4.39 Å². The normalized spacial score (nSPS) is 17.8. The molecule has 0 amide bonds. The molecular weight excluding hydrogens is 263 g/mol. The fourth-order valence-corrected chi connectivity index (χ4v) is 2.89. The molecule has 1 N–H and O–H groups in total. The Morgan fingerprint density at radius 1 is 1.32 bits per heavy atom. The van der Waals surface area contributed by atoms with E-state index < -0.39 is 0 Å². The molecule has 2 nitrogen and oxygen atoms in total. The topological polar surface area (TPSA) is 15.3 Å². The summed E-state index contributed by atoms with van der Waals surface area (Å²) >= 11 is 5.83. The molecule has 0 aromatic heterocycles. The minimum atomic E-state index is -0.269. The van der Waals surface area contributed by atoms with Crippen LogP contribution < -0.4 is 5.32 Å². The summed E-state index contributed by atoms with van der Waals surface area (Å²) in [6, 6.07) is 4.67. The number of rotatable bonds is 6. The van der Waals surface area contributed by atoms with E-state index in [1.165, 1.54) is 38.1 Å². The first-order chi connectivity index (χ1) is 9.13. The summed E-state index contributed by atoms with van der Waals surface area (Å²) in [5.74, 6) is 0.344. The highest BCUT2D eigenvalue weighted by molar-refractivity contribution is 6.30. The highest BCUT2D eigenvalue weighted by Crippen LogP contribution is 2.14. The van der Waals surface area contributed by atoms with Crippen molar-refractivity contribution in [2.24, 2.45) is 5.92 Å². The number of halogens is 2. The second-order valence-corrected chi connectivity index (χ2v) is 5.96. The van der Waals surface area contributed by atoms with Gasteiger partial charge in [-0.05, 0) is 62.2 Å². The molecule has 4 heteroatoms. The van der Waals surface area contributed by atoms with Crippen molar-refractivity contribution in [2.75, 3.05) is 26.2 Å². The van der Waals surface area contributed by atoms with Crippen molar-refractivity contribution in [1.82, 2.24) is 10.2 Å². The molecule has 1 atom stereocenters. The Hall–Kier alpha value is -0.640. The van der Waals surface area contributed by atoms with E-state index in [1.807, 2.05) is 6.07 Å². The van der Waals surface area contributed by atoms with Crippen LogP contribution in [0, 0.1) is 11.7 Å². The van der Waals surface area contributed by atoms with Crippen molar-refractivity contribution in [3.63, 3.8) is 0 Å². The monoisotopic (exact) mass is 284 g/mol. The molecule has 1 fully saturated rings. The third-order valence-electron chi connectivity index (χ3n) is 3.51. The van der Waals surface area contributed by atoms with Gasteiger partial charge in [-0.3, -0.25) is 0 Å². The quantitative estimate of drug-likeness (QED) is 0.862. The van der Waals surface area contributed by atoms with E-state index in [0.717, 1.165) is 18.7 Å².